The van der Waals surface area contributed by atoms with Crippen LogP contribution in [0.2, 0.25) is 5.02 Å². The van der Waals surface area contributed by atoms with E-state index >= 15 is 0 Å². The summed E-state index contributed by atoms with van der Waals surface area (Å²) in [7, 11) is 0. The van der Waals surface area contributed by atoms with E-state index in [0.717, 1.165) is 35.0 Å². The molecule has 0 radical (unpaired) electrons. The van der Waals surface area contributed by atoms with Gasteiger partial charge in [-0.3, -0.25) is 14.4 Å². The van der Waals surface area contributed by atoms with Gasteiger partial charge in [-0.25, -0.2) is 0 Å². The van der Waals surface area contributed by atoms with E-state index in [2.05, 4.69) is 29.8 Å². The van der Waals surface area contributed by atoms with E-state index in [-0.39, 0.29) is 10.7 Å². The molecule has 0 aliphatic heterocycles. The highest BCUT2D eigenvalue weighted by Crippen LogP contribution is 2.40. The molecule has 0 heterocycles. The molecule has 0 aliphatic carbocycles. The van der Waals surface area contributed by atoms with Gasteiger partial charge in [0.15, 0.2) is 0 Å². The van der Waals surface area contributed by atoms with Gasteiger partial charge in [0.1, 0.15) is 10.9 Å². The normalized spacial score (nSPS) is 12.3. The highest BCUT2D eigenvalue weighted by atomic mass is 35.5. The van der Waals surface area contributed by atoms with Crippen LogP contribution in [0, 0.1) is 0 Å². The maximum Gasteiger partial charge on any atom is 0.418 e. The van der Waals surface area contributed by atoms with Crippen LogP contribution in [0.1, 0.15) is 57.6 Å². The van der Waals surface area contributed by atoms with Gasteiger partial charge in [-0.2, -0.15) is 13.2 Å². The molecule has 3 amide bonds. The Hall–Kier alpha value is -5.32. The molecule has 0 saturated heterocycles. The van der Waals surface area contributed by atoms with E-state index in [1.54, 1.807) is 91.0 Å². The zero-order valence-corrected chi connectivity index (χ0v) is 29.1. The lowest BCUT2D eigenvalue weighted by atomic mass is 10.0. The number of hydrogen-bond donors (Lipinski definition) is 3. The third-order valence-corrected chi connectivity index (χ3v) is 9.20. The summed E-state index contributed by atoms with van der Waals surface area (Å²) in [6.07, 6.45) is -3.14. The van der Waals surface area contributed by atoms with Crippen LogP contribution in [-0.2, 0) is 15.8 Å². The Labute approximate surface area is 303 Å². The molecule has 1 atom stereocenters. The number of benzene rings is 5. The molecule has 0 bridgehead atoms. The van der Waals surface area contributed by atoms with Crippen molar-refractivity contribution in [3.05, 3.63) is 166 Å². The lowest BCUT2D eigenvalue weighted by molar-refractivity contribution is -0.137. The van der Waals surface area contributed by atoms with Crippen molar-refractivity contribution in [3.8, 4) is 0 Å². The van der Waals surface area contributed by atoms with Crippen molar-refractivity contribution in [2.45, 2.75) is 36.1 Å². The lowest BCUT2D eigenvalue weighted by Gasteiger charge is -2.20. The monoisotopic (exact) mass is 727 g/mol. The number of thioether (sulfide) groups is 1. The van der Waals surface area contributed by atoms with E-state index in [0.29, 0.717) is 27.6 Å². The molecule has 1 unspecified atom stereocenters. The standard InChI is InChI=1S/C40H33ClF3N3O3S/c1-25(2)27-15-13-26(14-16-27)23-35(47-37(48)29-11-7-4-8-12-29)38(49)45-31-18-20-32(21-19-31)51-36(28-9-5-3-6-10-28)39(50)46-34-22-17-30(41)24-33(34)40(42,43)44/h3-25,36H,1-2H3,(H,45,49)(H,46,50)(H,47,48)/b35-23-. The molecule has 0 fully saturated rings. The fraction of sp³-hybridized carbons (Fsp3) is 0.125. The summed E-state index contributed by atoms with van der Waals surface area (Å²) < 4.78 is 41.2. The van der Waals surface area contributed by atoms with Crippen molar-refractivity contribution < 1.29 is 27.6 Å². The average molecular weight is 728 g/mol. The molecule has 5 rings (SSSR count). The van der Waals surface area contributed by atoms with Gasteiger partial charge in [-0.15, -0.1) is 11.8 Å². The van der Waals surface area contributed by atoms with Gasteiger partial charge in [0.05, 0.1) is 11.3 Å². The van der Waals surface area contributed by atoms with Gasteiger partial charge < -0.3 is 16.0 Å². The summed E-state index contributed by atoms with van der Waals surface area (Å²) in [5, 5.41) is 6.94. The first-order valence-electron chi connectivity index (χ1n) is 15.9. The molecular formula is C40H33ClF3N3O3S. The molecule has 6 nitrogen and oxygen atoms in total. The highest BCUT2D eigenvalue weighted by molar-refractivity contribution is 8.00. The first-order chi connectivity index (χ1) is 24.4. The van der Waals surface area contributed by atoms with Gasteiger partial charge in [0.2, 0.25) is 5.91 Å². The Kier molecular flexibility index (Phi) is 12.0. The zero-order chi connectivity index (χ0) is 36.5. The number of carbonyl (C=O) groups is 3. The maximum absolute atomic E-state index is 13.7. The molecule has 0 saturated carbocycles. The molecule has 0 aromatic heterocycles. The second kappa shape index (κ2) is 16.6. The van der Waals surface area contributed by atoms with E-state index in [1.807, 2.05) is 24.3 Å². The third kappa shape index (κ3) is 10.1. The third-order valence-electron chi connectivity index (χ3n) is 7.69. The van der Waals surface area contributed by atoms with Crippen molar-refractivity contribution >= 4 is 58.5 Å². The minimum absolute atomic E-state index is 0.0286. The first kappa shape index (κ1) is 36.9. The van der Waals surface area contributed by atoms with Crippen molar-refractivity contribution in [1.29, 1.82) is 0 Å². The van der Waals surface area contributed by atoms with Gasteiger partial charge in [0.25, 0.3) is 11.8 Å². The van der Waals surface area contributed by atoms with Crippen molar-refractivity contribution in [2.75, 3.05) is 10.6 Å². The number of hydrogen-bond acceptors (Lipinski definition) is 4. The number of rotatable bonds is 11. The highest BCUT2D eigenvalue weighted by Gasteiger charge is 2.35. The number of alkyl halides is 3. The van der Waals surface area contributed by atoms with Gasteiger partial charge in [0, 0.05) is 21.2 Å². The average Bonchev–Trinajstić information content (AvgIpc) is 3.12. The summed E-state index contributed by atoms with van der Waals surface area (Å²) >= 11 is 6.95. The van der Waals surface area contributed by atoms with Crippen LogP contribution in [0.15, 0.2) is 138 Å². The van der Waals surface area contributed by atoms with Crippen LogP contribution in [-0.4, -0.2) is 17.7 Å². The van der Waals surface area contributed by atoms with Crippen LogP contribution in [0.3, 0.4) is 0 Å². The van der Waals surface area contributed by atoms with Crippen LogP contribution in [0.4, 0.5) is 24.5 Å². The molecular weight excluding hydrogens is 695 g/mol. The molecule has 5 aromatic carbocycles. The molecule has 3 N–H and O–H groups in total. The van der Waals surface area contributed by atoms with E-state index in [4.69, 9.17) is 11.6 Å². The van der Waals surface area contributed by atoms with Gasteiger partial charge >= 0.3 is 6.18 Å². The van der Waals surface area contributed by atoms with Crippen molar-refractivity contribution in [3.63, 3.8) is 0 Å². The molecule has 5 aromatic rings. The number of nitrogens with one attached hydrogen (secondary N) is 3. The van der Waals surface area contributed by atoms with Gasteiger partial charge in [-0.1, -0.05) is 98.2 Å². The molecule has 260 valence electrons. The quantitative estimate of drug-likeness (QED) is 0.0934. The summed E-state index contributed by atoms with van der Waals surface area (Å²) in [6.45, 7) is 4.16. The smallest absolute Gasteiger partial charge is 0.324 e. The van der Waals surface area contributed by atoms with Gasteiger partial charge in [-0.05, 0) is 83.3 Å². The molecule has 0 spiro atoms. The molecule has 0 aliphatic rings. The van der Waals surface area contributed by atoms with Crippen LogP contribution < -0.4 is 16.0 Å². The minimum Gasteiger partial charge on any atom is -0.324 e. The number of amides is 3. The Morgan fingerprint density at radius 3 is 1.98 bits per heavy atom. The largest absolute Gasteiger partial charge is 0.418 e. The van der Waals surface area contributed by atoms with Crippen LogP contribution in [0.5, 0.6) is 0 Å². The lowest BCUT2D eigenvalue weighted by Crippen LogP contribution is -2.30. The number of carbonyl (C=O) groups excluding carboxylic acids is 3. The number of anilines is 2. The molecule has 51 heavy (non-hydrogen) atoms. The summed E-state index contributed by atoms with van der Waals surface area (Å²) in [5.74, 6) is -1.35. The summed E-state index contributed by atoms with van der Waals surface area (Å²) in [6, 6.07) is 34.7. The number of halogens is 4. The van der Waals surface area contributed by atoms with E-state index in [1.165, 1.54) is 6.07 Å². The maximum atomic E-state index is 13.7. The minimum atomic E-state index is -4.74. The van der Waals surface area contributed by atoms with Crippen LogP contribution >= 0.6 is 23.4 Å². The van der Waals surface area contributed by atoms with Crippen LogP contribution in [0.25, 0.3) is 6.08 Å². The SMILES string of the molecule is CC(C)c1ccc(/C=C(\NC(=O)c2ccccc2)C(=O)Nc2ccc(SC(C(=O)Nc3ccc(Cl)cc3C(F)(F)F)c3ccccc3)cc2)cc1. The van der Waals surface area contributed by atoms with E-state index in [9.17, 15) is 27.6 Å². The molecule has 11 heteroatoms. The first-order valence-corrected chi connectivity index (χ1v) is 17.1. The second-order valence-corrected chi connectivity index (χ2v) is 13.4. The van der Waals surface area contributed by atoms with E-state index < -0.39 is 40.4 Å². The predicted octanol–water partition coefficient (Wildman–Crippen LogP) is 10.4. The van der Waals surface area contributed by atoms with Crippen molar-refractivity contribution in [2.24, 2.45) is 0 Å². The topological polar surface area (TPSA) is 87.3 Å². The second-order valence-electron chi connectivity index (χ2n) is 11.8. The Balaban J connectivity index is 1.35. The Morgan fingerprint density at radius 2 is 1.37 bits per heavy atom. The summed E-state index contributed by atoms with van der Waals surface area (Å²) in [5.41, 5.74) is 1.79. The fourth-order valence-electron chi connectivity index (χ4n) is 5.00. The zero-order valence-electron chi connectivity index (χ0n) is 27.5. The predicted molar refractivity (Wildman–Crippen MR) is 198 cm³/mol. The Morgan fingerprint density at radius 1 is 0.745 bits per heavy atom. The summed E-state index contributed by atoms with van der Waals surface area (Å²) in [4.78, 5) is 40.7. The van der Waals surface area contributed by atoms with Crippen molar-refractivity contribution in [1.82, 2.24) is 5.32 Å². The Bertz CT molecular complexity index is 2020. The fourth-order valence-corrected chi connectivity index (χ4v) is 6.19.